The summed E-state index contributed by atoms with van der Waals surface area (Å²) in [6, 6.07) is 14.4. The Balaban J connectivity index is 1.86. The van der Waals surface area contributed by atoms with Crippen LogP contribution in [0.2, 0.25) is 0 Å². The Hall–Kier alpha value is -3.29. The largest absolute Gasteiger partial charge is 0.493 e. The van der Waals surface area contributed by atoms with E-state index < -0.39 is 11.7 Å². The molecule has 0 saturated heterocycles. The van der Waals surface area contributed by atoms with Crippen LogP contribution in [0.1, 0.15) is 45.7 Å². The molecule has 0 unspecified atom stereocenters. The van der Waals surface area contributed by atoms with E-state index in [4.69, 9.17) is 4.74 Å². The molecule has 176 valence electrons. The maximum absolute atomic E-state index is 13.6. The molecular formula is C25H29F3N4O. The molecule has 3 rings (SSSR count). The zero-order valence-electron chi connectivity index (χ0n) is 19.4. The summed E-state index contributed by atoms with van der Waals surface area (Å²) in [5.74, 6) is 0.605. The molecule has 8 heteroatoms. The van der Waals surface area contributed by atoms with Crippen molar-refractivity contribution in [1.82, 2.24) is 9.97 Å². The van der Waals surface area contributed by atoms with Gasteiger partial charge < -0.3 is 15.4 Å². The summed E-state index contributed by atoms with van der Waals surface area (Å²) in [6.45, 7) is 10.9. The minimum absolute atomic E-state index is 0.00605. The van der Waals surface area contributed by atoms with Crippen molar-refractivity contribution in [2.24, 2.45) is 5.92 Å². The van der Waals surface area contributed by atoms with E-state index in [1.54, 1.807) is 24.3 Å². The molecule has 2 aromatic carbocycles. The average molecular weight is 459 g/mol. The monoisotopic (exact) mass is 458 g/mol. The van der Waals surface area contributed by atoms with Gasteiger partial charge in [0.1, 0.15) is 17.1 Å². The lowest BCUT2D eigenvalue weighted by molar-refractivity contribution is -0.137. The topological polar surface area (TPSA) is 59.1 Å². The minimum Gasteiger partial charge on any atom is -0.493 e. The van der Waals surface area contributed by atoms with Crippen LogP contribution in [-0.4, -0.2) is 16.6 Å². The zero-order chi connectivity index (χ0) is 24.2. The van der Waals surface area contributed by atoms with Gasteiger partial charge in [-0.2, -0.15) is 18.2 Å². The van der Waals surface area contributed by atoms with Gasteiger partial charge >= 0.3 is 6.18 Å². The third-order valence-electron chi connectivity index (χ3n) is 4.78. The molecule has 0 aliphatic rings. The molecule has 0 radical (unpaired) electrons. The molecule has 0 spiro atoms. The molecule has 0 saturated carbocycles. The SMILES string of the molecule is CC(C)COc1cccc(Nc2nc(Nc3ccc(C(C)(C)C)cc3)ncc2C(F)(F)F)c1. The van der Waals surface area contributed by atoms with E-state index in [9.17, 15) is 13.2 Å². The second-order valence-electron chi connectivity index (χ2n) is 9.26. The number of halogens is 3. The van der Waals surface area contributed by atoms with Gasteiger partial charge in [-0.15, -0.1) is 0 Å². The third-order valence-corrected chi connectivity index (χ3v) is 4.78. The average Bonchev–Trinajstić information content (AvgIpc) is 2.71. The molecule has 0 aliphatic carbocycles. The van der Waals surface area contributed by atoms with Crippen LogP contribution in [0.25, 0.3) is 0 Å². The van der Waals surface area contributed by atoms with Crippen LogP contribution in [0.5, 0.6) is 5.75 Å². The third kappa shape index (κ3) is 6.84. The minimum atomic E-state index is -4.61. The number of benzene rings is 2. The molecule has 33 heavy (non-hydrogen) atoms. The van der Waals surface area contributed by atoms with Gasteiger partial charge in [-0.3, -0.25) is 0 Å². The fourth-order valence-corrected chi connectivity index (χ4v) is 2.99. The summed E-state index contributed by atoms with van der Waals surface area (Å²) in [4.78, 5) is 7.98. The number of hydrogen-bond acceptors (Lipinski definition) is 5. The number of rotatable bonds is 7. The highest BCUT2D eigenvalue weighted by Gasteiger charge is 2.35. The number of anilines is 4. The fraction of sp³-hybridized carbons (Fsp3) is 0.360. The first-order valence-electron chi connectivity index (χ1n) is 10.7. The Labute approximate surface area is 192 Å². The zero-order valence-corrected chi connectivity index (χ0v) is 19.4. The summed E-state index contributed by atoms with van der Waals surface area (Å²) in [7, 11) is 0. The van der Waals surface area contributed by atoms with E-state index in [0.29, 0.717) is 29.6 Å². The molecule has 5 nitrogen and oxygen atoms in total. The Kier molecular flexibility index (Phi) is 7.15. The van der Waals surface area contributed by atoms with Crippen LogP contribution in [0.4, 0.5) is 36.3 Å². The smallest absolute Gasteiger partial charge is 0.421 e. The molecule has 0 bridgehead atoms. The van der Waals surface area contributed by atoms with Gasteiger partial charge in [0.2, 0.25) is 5.95 Å². The predicted molar refractivity (Wildman–Crippen MR) is 126 cm³/mol. The van der Waals surface area contributed by atoms with Crippen molar-refractivity contribution in [2.75, 3.05) is 17.2 Å². The maximum Gasteiger partial charge on any atom is 0.421 e. The summed E-state index contributed by atoms with van der Waals surface area (Å²) < 4.78 is 46.4. The second-order valence-corrected chi connectivity index (χ2v) is 9.26. The summed E-state index contributed by atoms with van der Waals surface area (Å²) in [5.41, 5.74) is 1.29. The first kappa shape index (κ1) is 24.4. The summed E-state index contributed by atoms with van der Waals surface area (Å²) in [6.07, 6.45) is -3.83. The number of aromatic nitrogens is 2. The van der Waals surface area contributed by atoms with Crippen molar-refractivity contribution in [1.29, 1.82) is 0 Å². The molecule has 1 heterocycles. The second kappa shape index (κ2) is 9.68. The van der Waals surface area contributed by atoms with E-state index >= 15 is 0 Å². The van der Waals surface area contributed by atoms with Crippen molar-refractivity contribution in [3.8, 4) is 5.75 Å². The van der Waals surface area contributed by atoms with E-state index in [1.165, 1.54) is 0 Å². The van der Waals surface area contributed by atoms with E-state index in [1.807, 2.05) is 38.1 Å². The lowest BCUT2D eigenvalue weighted by Gasteiger charge is -2.19. The molecule has 3 aromatic rings. The van der Waals surface area contributed by atoms with Crippen molar-refractivity contribution in [2.45, 2.75) is 46.2 Å². The maximum atomic E-state index is 13.6. The summed E-state index contributed by atoms with van der Waals surface area (Å²) >= 11 is 0. The number of alkyl halides is 3. The van der Waals surface area contributed by atoms with Gasteiger partial charge in [-0.25, -0.2) is 4.98 Å². The lowest BCUT2D eigenvalue weighted by atomic mass is 9.87. The lowest BCUT2D eigenvalue weighted by Crippen LogP contribution is -2.13. The molecule has 2 N–H and O–H groups in total. The number of ether oxygens (including phenoxy) is 1. The Morgan fingerprint density at radius 2 is 1.64 bits per heavy atom. The first-order valence-corrected chi connectivity index (χ1v) is 10.7. The summed E-state index contributed by atoms with van der Waals surface area (Å²) in [5, 5.41) is 5.75. The van der Waals surface area contributed by atoms with Crippen LogP contribution < -0.4 is 15.4 Å². The van der Waals surface area contributed by atoms with Crippen LogP contribution in [0, 0.1) is 5.92 Å². The fourth-order valence-electron chi connectivity index (χ4n) is 2.99. The van der Waals surface area contributed by atoms with E-state index in [-0.39, 0.29) is 17.2 Å². The number of nitrogens with zero attached hydrogens (tertiary/aromatic N) is 2. The quantitative estimate of drug-likeness (QED) is 0.389. The van der Waals surface area contributed by atoms with Gasteiger partial charge in [-0.1, -0.05) is 52.8 Å². The molecule has 1 aromatic heterocycles. The molecule has 0 aliphatic heterocycles. The van der Waals surface area contributed by atoms with Gasteiger partial charge in [0.05, 0.1) is 6.61 Å². The van der Waals surface area contributed by atoms with Gasteiger partial charge in [0, 0.05) is 23.6 Å². The van der Waals surface area contributed by atoms with Gasteiger partial charge in [0.25, 0.3) is 0 Å². The number of hydrogen-bond donors (Lipinski definition) is 2. The molecule has 0 fully saturated rings. The van der Waals surface area contributed by atoms with E-state index in [0.717, 1.165) is 11.8 Å². The Morgan fingerprint density at radius 3 is 2.24 bits per heavy atom. The van der Waals surface area contributed by atoms with Crippen molar-refractivity contribution < 1.29 is 17.9 Å². The molecule has 0 amide bonds. The predicted octanol–water partition coefficient (Wildman–Crippen LogP) is 7.31. The highest BCUT2D eigenvalue weighted by molar-refractivity contribution is 5.64. The van der Waals surface area contributed by atoms with Crippen LogP contribution >= 0.6 is 0 Å². The van der Waals surface area contributed by atoms with Gasteiger partial charge in [-0.05, 0) is 41.2 Å². The van der Waals surface area contributed by atoms with Crippen molar-refractivity contribution in [3.63, 3.8) is 0 Å². The highest BCUT2D eigenvalue weighted by atomic mass is 19.4. The Bertz CT molecular complexity index is 1070. The first-order chi connectivity index (χ1) is 15.4. The van der Waals surface area contributed by atoms with Gasteiger partial charge in [0.15, 0.2) is 0 Å². The standard InChI is InChI=1S/C25H29F3N4O/c1-16(2)15-33-20-8-6-7-19(13-20)30-22-21(25(26,27)28)14-29-23(32-22)31-18-11-9-17(10-12-18)24(3,4)5/h6-14,16H,15H2,1-5H3,(H2,29,30,31,32). The molecule has 0 atom stereocenters. The van der Waals surface area contributed by atoms with Crippen molar-refractivity contribution >= 4 is 23.1 Å². The normalized spacial score (nSPS) is 12.0. The van der Waals surface area contributed by atoms with Crippen LogP contribution in [0.15, 0.2) is 54.7 Å². The number of nitrogens with one attached hydrogen (secondary N) is 2. The highest BCUT2D eigenvalue weighted by Crippen LogP contribution is 2.36. The van der Waals surface area contributed by atoms with Crippen LogP contribution in [0.3, 0.4) is 0 Å². The molecular weight excluding hydrogens is 429 g/mol. The van der Waals surface area contributed by atoms with Crippen LogP contribution in [-0.2, 0) is 11.6 Å². The van der Waals surface area contributed by atoms with Crippen molar-refractivity contribution in [3.05, 3.63) is 65.9 Å². The Morgan fingerprint density at radius 1 is 0.939 bits per heavy atom. The van der Waals surface area contributed by atoms with E-state index in [2.05, 4.69) is 41.4 Å².